The summed E-state index contributed by atoms with van der Waals surface area (Å²) in [4.78, 5) is 15.3. The first-order valence-corrected chi connectivity index (χ1v) is 20.7. The molecule has 6 saturated carbocycles. The van der Waals surface area contributed by atoms with Gasteiger partial charge in [0.15, 0.2) is 0 Å². The van der Waals surface area contributed by atoms with Crippen LogP contribution in [-0.2, 0) is 4.79 Å². The maximum absolute atomic E-state index is 15.3. The second kappa shape index (κ2) is 14.6. The normalized spacial score (nSPS) is 43.3. The van der Waals surface area contributed by atoms with E-state index >= 15 is 4.79 Å². The lowest BCUT2D eigenvalue weighted by Crippen LogP contribution is -2.67. The standard InChI is InChI=1S/C42H72O/c43-37-25-13-1-2-17-29-39(37)30-18-6-10-21-33-41(39)34-22-11-12-24-36-42(41)35-23-9-5-16-28-38-26-14-3-7-19-31-40(38,42)32-20-8-4-15-27-38/h1-36H2. The number of carbonyl (C=O) groups excluding carboxylic acids is 1. The van der Waals surface area contributed by atoms with Crippen LogP contribution in [0, 0.1) is 27.1 Å². The fourth-order valence-electron chi connectivity index (χ4n) is 14.4. The molecule has 0 aromatic heterocycles. The monoisotopic (exact) mass is 593 g/mol. The van der Waals surface area contributed by atoms with Crippen molar-refractivity contribution < 1.29 is 4.79 Å². The van der Waals surface area contributed by atoms with E-state index in [0.29, 0.717) is 16.2 Å². The van der Waals surface area contributed by atoms with Gasteiger partial charge in [-0.15, -0.1) is 0 Å². The molecular formula is C42H72O. The quantitative estimate of drug-likeness (QED) is 0.273. The van der Waals surface area contributed by atoms with Gasteiger partial charge in [0.25, 0.3) is 0 Å². The van der Waals surface area contributed by atoms with Crippen LogP contribution in [0.25, 0.3) is 0 Å². The lowest BCUT2D eigenvalue weighted by molar-refractivity contribution is -0.245. The summed E-state index contributed by atoms with van der Waals surface area (Å²) in [6.45, 7) is 0. The first-order chi connectivity index (χ1) is 21.2. The number of ketones is 1. The van der Waals surface area contributed by atoms with Crippen LogP contribution >= 0.6 is 0 Å². The Morgan fingerprint density at radius 3 is 1.00 bits per heavy atom. The maximum Gasteiger partial charge on any atom is 0.139 e. The SMILES string of the molecule is O=C1CCCCCCC12CCCCCCC21CCCCCCC12CCCCCCC13CCCCCCC12CCCCCC3. The molecule has 0 aromatic rings. The van der Waals surface area contributed by atoms with Crippen molar-refractivity contribution in [3.63, 3.8) is 0 Å². The van der Waals surface area contributed by atoms with Gasteiger partial charge in [-0.25, -0.2) is 0 Å². The fraction of sp³-hybridized carbons (Fsp3) is 0.976. The molecule has 6 rings (SSSR count). The minimum atomic E-state index is -0.0234. The predicted octanol–water partition coefficient (Wildman–Crippen LogP) is 13.6. The van der Waals surface area contributed by atoms with Crippen LogP contribution in [0.2, 0.25) is 0 Å². The Balaban J connectivity index is 1.66. The smallest absolute Gasteiger partial charge is 0.139 e. The van der Waals surface area contributed by atoms with Crippen molar-refractivity contribution in [1.29, 1.82) is 0 Å². The van der Waals surface area contributed by atoms with Gasteiger partial charge >= 0.3 is 0 Å². The largest absolute Gasteiger partial charge is 0.299 e. The molecule has 0 aromatic carbocycles. The molecule has 43 heavy (non-hydrogen) atoms. The van der Waals surface area contributed by atoms with Gasteiger partial charge in [0.2, 0.25) is 0 Å². The highest BCUT2D eigenvalue weighted by atomic mass is 16.1. The van der Waals surface area contributed by atoms with E-state index in [2.05, 4.69) is 0 Å². The van der Waals surface area contributed by atoms with Gasteiger partial charge < -0.3 is 0 Å². The second-order valence-corrected chi connectivity index (χ2v) is 17.5. The van der Waals surface area contributed by atoms with Crippen LogP contribution < -0.4 is 0 Å². The van der Waals surface area contributed by atoms with E-state index in [1.54, 1.807) is 0 Å². The molecular weight excluding hydrogens is 520 g/mol. The van der Waals surface area contributed by atoms with E-state index in [1.165, 1.54) is 225 Å². The van der Waals surface area contributed by atoms with Crippen molar-refractivity contribution in [3.8, 4) is 0 Å². The van der Waals surface area contributed by atoms with Crippen LogP contribution in [0.1, 0.15) is 231 Å². The van der Waals surface area contributed by atoms with Crippen molar-refractivity contribution in [3.05, 3.63) is 0 Å². The summed E-state index contributed by atoms with van der Waals surface area (Å²) in [6, 6.07) is 0. The molecule has 0 aliphatic heterocycles. The number of hydrogen-bond acceptors (Lipinski definition) is 1. The summed E-state index contributed by atoms with van der Waals surface area (Å²) < 4.78 is 0. The minimum absolute atomic E-state index is 0.0234. The third kappa shape index (κ3) is 5.76. The Kier molecular flexibility index (Phi) is 11.1. The van der Waals surface area contributed by atoms with Crippen molar-refractivity contribution in [2.24, 2.45) is 27.1 Å². The Hall–Kier alpha value is -0.330. The van der Waals surface area contributed by atoms with E-state index < -0.39 is 0 Å². The van der Waals surface area contributed by atoms with Gasteiger partial charge in [0.1, 0.15) is 5.78 Å². The highest BCUT2D eigenvalue weighted by molar-refractivity contribution is 5.86. The molecule has 3 spiro atoms. The zero-order valence-electron chi connectivity index (χ0n) is 28.9. The lowest BCUT2D eigenvalue weighted by atomic mass is 9.30. The summed E-state index contributed by atoms with van der Waals surface area (Å²) in [7, 11) is 0. The predicted molar refractivity (Wildman–Crippen MR) is 183 cm³/mol. The molecule has 0 radical (unpaired) electrons. The van der Waals surface area contributed by atoms with Crippen LogP contribution in [0.3, 0.4) is 0 Å². The van der Waals surface area contributed by atoms with E-state index in [1.807, 2.05) is 0 Å². The molecule has 6 aliphatic rings. The molecule has 0 saturated heterocycles. The first-order valence-electron chi connectivity index (χ1n) is 20.7. The van der Waals surface area contributed by atoms with E-state index in [0.717, 1.165) is 12.2 Å². The molecule has 6 aliphatic carbocycles. The summed E-state index contributed by atoms with van der Waals surface area (Å²) in [5.74, 6) is 0.799. The van der Waals surface area contributed by atoms with Crippen molar-refractivity contribution in [2.75, 3.05) is 0 Å². The van der Waals surface area contributed by atoms with Crippen LogP contribution in [0.15, 0.2) is 0 Å². The molecule has 0 amide bonds. The summed E-state index contributed by atoms with van der Waals surface area (Å²) in [6.07, 6.45) is 51.2. The van der Waals surface area contributed by atoms with Crippen molar-refractivity contribution >= 4 is 5.78 Å². The molecule has 3 atom stereocenters. The summed E-state index contributed by atoms with van der Waals surface area (Å²) in [5, 5.41) is 0. The molecule has 0 N–H and O–H groups in total. The van der Waals surface area contributed by atoms with Gasteiger partial charge in [-0.3, -0.25) is 4.79 Å². The highest BCUT2D eigenvalue weighted by Crippen LogP contribution is 2.79. The van der Waals surface area contributed by atoms with Gasteiger partial charge in [-0.1, -0.05) is 148 Å². The summed E-state index contributed by atoms with van der Waals surface area (Å²) >= 11 is 0. The number of hydrogen-bond donors (Lipinski definition) is 0. The van der Waals surface area contributed by atoms with Gasteiger partial charge in [0, 0.05) is 11.8 Å². The van der Waals surface area contributed by atoms with E-state index in [4.69, 9.17) is 0 Å². The fourth-order valence-corrected chi connectivity index (χ4v) is 14.4. The molecule has 1 heteroatoms. The Bertz CT molecular complexity index is 855. The molecule has 0 heterocycles. The maximum atomic E-state index is 15.3. The third-order valence-corrected chi connectivity index (χ3v) is 16.0. The lowest BCUT2D eigenvalue weighted by Gasteiger charge is -2.73. The van der Waals surface area contributed by atoms with Crippen molar-refractivity contribution in [1.82, 2.24) is 0 Å². The summed E-state index contributed by atoms with van der Waals surface area (Å²) in [5.41, 5.74) is 1.62. The second-order valence-electron chi connectivity index (χ2n) is 17.5. The highest BCUT2D eigenvalue weighted by Gasteiger charge is 2.72. The zero-order valence-corrected chi connectivity index (χ0v) is 28.9. The molecule has 6 fully saturated rings. The van der Waals surface area contributed by atoms with Crippen LogP contribution in [0.5, 0.6) is 0 Å². The van der Waals surface area contributed by atoms with Crippen LogP contribution in [-0.4, -0.2) is 5.78 Å². The van der Waals surface area contributed by atoms with Crippen molar-refractivity contribution in [2.45, 2.75) is 231 Å². The van der Waals surface area contributed by atoms with Gasteiger partial charge in [-0.2, -0.15) is 0 Å². The minimum Gasteiger partial charge on any atom is -0.299 e. The average molecular weight is 593 g/mol. The zero-order chi connectivity index (χ0) is 29.5. The topological polar surface area (TPSA) is 17.1 Å². The molecule has 246 valence electrons. The Morgan fingerprint density at radius 1 is 0.279 bits per heavy atom. The third-order valence-electron chi connectivity index (χ3n) is 16.0. The number of rotatable bonds is 0. The van der Waals surface area contributed by atoms with Gasteiger partial charge in [0.05, 0.1) is 0 Å². The van der Waals surface area contributed by atoms with E-state index in [9.17, 15) is 0 Å². The van der Waals surface area contributed by atoms with Gasteiger partial charge in [-0.05, 0) is 98.7 Å². The first kappa shape index (κ1) is 32.6. The number of carbonyl (C=O) groups is 1. The van der Waals surface area contributed by atoms with Crippen LogP contribution in [0.4, 0.5) is 0 Å². The number of fused-ring (bicyclic) bond motifs is 2. The van der Waals surface area contributed by atoms with E-state index in [-0.39, 0.29) is 10.8 Å². The Labute approximate surface area is 268 Å². The molecule has 1 nitrogen and oxygen atoms in total. The molecule has 3 unspecified atom stereocenters. The number of Topliss-reactive ketones (excluding diaryl/α,β-unsaturated/α-hetero) is 1. The molecule has 0 bridgehead atoms. The Morgan fingerprint density at radius 2 is 0.581 bits per heavy atom. The average Bonchev–Trinajstić information content (AvgIpc) is 3.02.